The van der Waals surface area contributed by atoms with E-state index in [2.05, 4.69) is 0 Å². The summed E-state index contributed by atoms with van der Waals surface area (Å²) in [6.45, 7) is 1.09. The van der Waals surface area contributed by atoms with Crippen LogP contribution in [0.25, 0.3) is 0 Å². The van der Waals surface area contributed by atoms with Gasteiger partial charge in [-0.15, -0.1) is 0 Å². The van der Waals surface area contributed by atoms with Gasteiger partial charge in [0.15, 0.2) is 0 Å². The summed E-state index contributed by atoms with van der Waals surface area (Å²) in [6.07, 6.45) is 2.38. The first-order valence-electron chi connectivity index (χ1n) is 4.45. The standard InChI is InChI=1S/C8H16FNO2/c9-6-8(11)7-10-4-2-1-3-5-12-10/h8,11H,1-7H2. The molecule has 0 aliphatic carbocycles. The molecule has 1 fully saturated rings. The van der Waals surface area contributed by atoms with Gasteiger partial charge in [-0.05, 0) is 19.3 Å². The Labute approximate surface area is 72.1 Å². The Bertz CT molecular complexity index is 116. The van der Waals surface area contributed by atoms with Crippen LogP contribution in [0.2, 0.25) is 0 Å². The highest BCUT2D eigenvalue weighted by molar-refractivity contribution is 4.59. The van der Waals surface area contributed by atoms with E-state index in [1.807, 2.05) is 0 Å². The molecule has 0 bridgehead atoms. The van der Waals surface area contributed by atoms with Crippen LogP contribution in [0, 0.1) is 0 Å². The van der Waals surface area contributed by atoms with Crippen LogP contribution in [0.4, 0.5) is 4.39 Å². The van der Waals surface area contributed by atoms with Gasteiger partial charge in [0, 0.05) is 6.54 Å². The molecular formula is C8H16FNO2. The van der Waals surface area contributed by atoms with Gasteiger partial charge in [-0.3, -0.25) is 4.84 Å². The summed E-state index contributed by atoms with van der Waals surface area (Å²) in [7, 11) is 0. The van der Waals surface area contributed by atoms with Crippen LogP contribution in [0.5, 0.6) is 0 Å². The first-order chi connectivity index (χ1) is 5.83. The molecule has 3 nitrogen and oxygen atoms in total. The normalized spacial score (nSPS) is 23.5. The first kappa shape index (κ1) is 9.89. The third kappa shape index (κ3) is 3.47. The number of aliphatic hydroxyl groups excluding tert-OH is 1. The van der Waals surface area contributed by atoms with Crippen molar-refractivity contribution in [2.24, 2.45) is 0 Å². The average Bonchev–Trinajstić information content (AvgIpc) is 2.33. The van der Waals surface area contributed by atoms with Gasteiger partial charge in [-0.2, -0.15) is 5.06 Å². The average molecular weight is 177 g/mol. The summed E-state index contributed by atoms with van der Waals surface area (Å²) in [4.78, 5) is 5.28. The predicted octanol–water partition coefficient (Wildman–Crippen LogP) is 0.734. The molecule has 1 unspecified atom stereocenters. The van der Waals surface area contributed by atoms with E-state index < -0.39 is 12.8 Å². The summed E-state index contributed by atoms with van der Waals surface area (Å²) in [6, 6.07) is 0. The minimum atomic E-state index is -0.900. The van der Waals surface area contributed by atoms with Crippen molar-refractivity contribution in [2.75, 3.05) is 26.4 Å². The SMILES string of the molecule is OC(CF)CN1CCCCCO1. The summed E-state index contributed by atoms with van der Waals surface area (Å²) in [5.41, 5.74) is 0. The van der Waals surface area contributed by atoms with Gasteiger partial charge in [-0.25, -0.2) is 4.39 Å². The maximum atomic E-state index is 11.9. The Morgan fingerprint density at radius 2 is 2.25 bits per heavy atom. The number of nitrogens with zero attached hydrogens (tertiary/aromatic N) is 1. The molecule has 0 aromatic carbocycles. The lowest BCUT2D eigenvalue weighted by Gasteiger charge is -2.20. The molecule has 72 valence electrons. The topological polar surface area (TPSA) is 32.7 Å². The quantitative estimate of drug-likeness (QED) is 0.690. The van der Waals surface area contributed by atoms with Crippen molar-refractivity contribution in [1.29, 1.82) is 0 Å². The van der Waals surface area contributed by atoms with E-state index in [1.54, 1.807) is 5.06 Å². The van der Waals surface area contributed by atoms with Crippen molar-refractivity contribution in [1.82, 2.24) is 5.06 Å². The van der Waals surface area contributed by atoms with Crippen LogP contribution in [0.1, 0.15) is 19.3 Å². The Balaban J connectivity index is 2.20. The number of alkyl halides is 1. The van der Waals surface area contributed by atoms with Crippen LogP contribution >= 0.6 is 0 Å². The Hall–Kier alpha value is -0.190. The Morgan fingerprint density at radius 1 is 1.42 bits per heavy atom. The maximum Gasteiger partial charge on any atom is 0.117 e. The molecule has 0 aromatic rings. The van der Waals surface area contributed by atoms with Gasteiger partial charge in [-0.1, -0.05) is 0 Å². The zero-order chi connectivity index (χ0) is 8.81. The van der Waals surface area contributed by atoms with Crippen LogP contribution < -0.4 is 0 Å². The lowest BCUT2D eigenvalue weighted by molar-refractivity contribution is -0.167. The molecule has 1 atom stereocenters. The Kier molecular flexibility index (Phi) is 4.50. The molecule has 0 saturated carbocycles. The fourth-order valence-corrected chi connectivity index (χ4v) is 1.25. The van der Waals surface area contributed by atoms with E-state index in [9.17, 15) is 4.39 Å². The molecular weight excluding hydrogens is 161 g/mol. The van der Waals surface area contributed by atoms with Crippen molar-refractivity contribution in [3.8, 4) is 0 Å². The second-order valence-corrected chi connectivity index (χ2v) is 3.09. The summed E-state index contributed by atoms with van der Waals surface area (Å²) in [5, 5.41) is 10.7. The van der Waals surface area contributed by atoms with Crippen molar-refractivity contribution in [2.45, 2.75) is 25.4 Å². The number of rotatable bonds is 3. The zero-order valence-electron chi connectivity index (χ0n) is 7.21. The number of β-amino-alcohol motifs (C(OH)–C–C–N with tert-alkyl or cyclic N) is 1. The molecule has 1 aliphatic heterocycles. The summed E-state index contributed by atoms with van der Waals surface area (Å²) >= 11 is 0. The van der Waals surface area contributed by atoms with E-state index in [-0.39, 0.29) is 6.54 Å². The summed E-state index contributed by atoms with van der Waals surface area (Å²) in [5.74, 6) is 0. The fraction of sp³-hybridized carbons (Fsp3) is 1.00. The van der Waals surface area contributed by atoms with E-state index in [4.69, 9.17) is 9.94 Å². The number of hydrogen-bond donors (Lipinski definition) is 1. The minimum absolute atomic E-state index is 0.288. The molecule has 1 heterocycles. The van der Waals surface area contributed by atoms with Crippen molar-refractivity contribution >= 4 is 0 Å². The van der Waals surface area contributed by atoms with Gasteiger partial charge in [0.2, 0.25) is 0 Å². The van der Waals surface area contributed by atoms with Gasteiger partial charge in [0.1, 0.15) is 6.67 Å². The molecule has 0 spiro atoms. The van der Waals surface area contributed by atoms with Crippen LogP contribution in [-0.2, 0) is 4.84 Å². The van der Waals surface area contributed by atoms with E-state index >= 15 is 0 Å². The molecule has 0 amide bonds. The number of halogens is 1. The highest BCUT2D eigenvalue weighted by Gasteiger charge is 2.13. The molecule has 1 N–H and O–H groups in total. The molecule has 12 heavy (non-hydrogen) atoms. The first-order valence-corrected chi connectivity index (χ1v) is 4.45. The number of aliphatic hydroxyl groups is 1. The minimum Gasteiger partial charge on any atom is -0.389 e. The van der Waals surface area contributed by atoms with Crippen molar-refractivity contribution < 1.29 is 14.3 Å². The molecule has 0 radical (unpaired) electrons. The fourth-order valence-electron chi connectivity index (χ4n) is 1.25. The van der Waals surface area contributed by atoms with Crippen molar-refractivity contribution in [3.63, 3.8) is 0 Å². The highest BCUT2D eigenvalue weighted by Crippen LogP contribution is 2.07. The van der Waals surface area contributed by atoms with Gasteiger partial charge in [0.25, 0.3) is 0 Å². The Morgan fingerprint density at radius 3 is 3.00 bits per heavy atom. The second kappa shape index (κ2) is 5.45. The van der Waals surface area contributed by atoms with Gasteiger partial charge < -0.3 is 5.11 Å². The predicted molar refractivity (Wildman–Crippen MR) is 43.4 cm³/mol. The highest BCUT2D eigenvalue weighted by atomic mass is 19.1. The van der Waals surface area contributed by atoms with Gasteiger partial charge in [0.05, 0.1) is 19.3 Å². The van der Waals surface area contributed by atoms with E-state index in [0.717, 1.165) is 25.8 Å². The van der Waals surface area contributed by atoms with Crippen LogP contribution in [0.3, 0.4) is 0 Å². The van der Waals surface area contributed by atoms with Crippen LogP contribution in [-0.4, -0.2) is 42.6 Å². The van der Waals surface area contributed by atoms with Crippen molar-refractivity contribution in [3.05, 3.63) is 0 Å². The monoisotopic (exact) mass is 177 g/mol. The second-order valence-electron chi connectivity index (χ2n) is 3.09. The van der Waals surface area contributed by atoms with Crippen LogP contribution in [0.15, 0.2) is 0 Å². The zero-order valence-corrected chi connectivity index (χ0v) is 7.21. The molecule has 1 aliphatic rings. The summed E-state index contributed by atoms with van der Waals surface area (Å²) < 4.78 is 11.9. The molecule has 1 saturated heterocycles. The molecule has 0 aromatic heterocycles. The van der Waals surface area contributed by atoms with E-state index in [0.29, 0.717) is 6.61 Å². The lowest BCUT2D eigenvalue weighted by atomic mass is 10.2. The largest absolute Gasteiger partial charge is 0.389 e. The molecule has 4 heteroatoms. The third-order valence-corrected chi connectivity index (χ3v) is 1.92. The van der Waals surface area contributed by atoms with E-state index in [1.165, 1.54) is 0 Å². The van der Waals surface area contributed by atoms with Gasteiger partial charge >= 0.3 is 0 Å². The smallest absolute Gasteiger partial charge is 0.117 e. The lowest BCUT2D eigenvalue weighted by Crippen LogP contribution is -2.33. The third-order valence-electron chi connectivity index (χ3n) is 1.92. The number of hydroxylamine groups is 2. The maximum absolute atomic E-state index is 11.9. The number of hydrogen-bond acceptors (Lipinski definition) is 3. The molecule has 1 rings (SSSR count).